The molecule has 0 radical (unpaired) electrons. The van der Waals surface area contributed by atoms with Crippen molar-refractivity contribution in [3.8, 4) is 0 Å². The molecule has 0 aliphatic carbocycles. The second-order valence-electron chi connectivity index (χ2n) is 1.97. The number of hydrogen-bond acceptors (Lipinski definition) is 2. The first-order valence-corrected chi connectivity index (χ1v) is 4.27. The summed E-state index contributed by atoms with van der Waals surface area (Å²) in [6.45, 7) is 3.97. The summed E-state index contributed by atoms with van der Waals surface area (Å²) in [7, 11) is -1.97. The fourth-order valence-corrected chi connectivity index (χ4v) is 1.34. The van der Waals surface area contributed by atoms with E-state index >= 15 is 0 Å². The highest BCUT2D eigenvalue weighted by atomic mass is 32.2. The maximum Gasteiger partial charge on any atom is 0.210 e. The Labute approximate surface area is 57.4 Å². The molecule has 0 bridgehead atoms. The monoisotopic (exact) mass is 148 g/mol. The van der Waals surface area contributed by atoms with Crippen LogP contribution in [0.25, 0.3) is 0 Å². The van der Waals surface area contributed by atoms with Crippen LogP contribution in [0.4, 0.5) is 0 Å². The summed E-state index contributed by atoms with van der Waals surface area (Å²) in [5.74, 6) is 0.239. The van der Waals surface area contributed by atoms with Gasteiger partial charge in [0.1, 0.15) is 0 Å². The van der Waals surface area contributed by atoms with Crippen molar-refractivity contribution in [1.82, 2.24) is 0 Å². The molecule has 3 heteroatoms. The predicted molar refractivity (Wildman–Crippen MR) is 39.1 cm³/mol. The third kappa shape index (κ3) is 4.21. The van der Waals surface area contributed by atoms with Crippen LogP contribution in [0.1, 0.15) is 26.7 Å². The van der Waals surface area contributed by atoms with E-state index in [-0.39, 0.29) is 5.92 Å². The van der Waals surface area contributed by atoms with Gasteiger partial charge in [-0.2, -0.15) is 8.42 Å². The number of hydrogen-bond donors (Lipinski definition) is 0. The summed E-state index contributed by atoms with van der Waals surface area (Å²) in [4.78, 5) is 0. The van der Waals surface area contributed by atoms with E-state index in [1.54, 1.807) is 0 Å². The molecule has 0 aliphatic rings. The van der Waals surface area contributed by atoms with Gasteiger partial charge in [-0.3, -0.25) is 0 Å². The SMILES string of the molecule is CCC(C=S(=O)=O)CC. The zero-order valence-electron chi connectivity index (χ0n) is 5.79. The molecule has 0 spiro atoms. The standard InChI is InChI=1S/C6H12O2S/c1-3-6(4-2)5-9(7)8/h5-6H,3-4H2,1-2H3. The topological polar surface area (TPSA) is 34.1 Å². The third-order valence-corrected chi connectivity index (χ3v) is 1.96. The minimum Gasteiger partial charge on any atom is -0.185 e. The van der Waals surface area contributed by atoms with E-state index in [0.717, 1.165) is 12.8 Å². The maximum absolute atomic E-state index is 10.1. The molecule has 0 atom stereocenters. The van der Waals surface area contributed by atoms with Crippen molar-refractivity contribution in [2.75, 3.05) is 0 Å². The van der Waals surface area contributed by atoms with Gasteiger partial charge in [0.05, 0.1) is 0 Å². The molecule has 0 aromatic heterocycles. The van der Waals surface area contributed by atoms with Crippen molar-refractivity contribution in [3.05, 3.63) is 0 Å². The zero-order valence-corrected chi connectivity index (χ0v) is 6.61. The Morgan fingerprint density at radius 2 is 1.78 bits per heavy atom. The average Bonchev–Trinajstić information content (AvgIpc) is 1.82. The molecule has 0 saturated heterocycles. The van der Waals surface area contributed by atoms with Crippen LogP contribution in [0.5, 0.6) is 0 Å². The molecule has 0 unspecified atom stereocenters. The van der Waals surface area contributed by atoms with Crippen LogP contribution in [0.3, 0.4) is 0 Å². The van der Waals surface area contributed by atoms with Crippen LogP contribution in [0.15, 0.2) is 0 Å². The highest BCUT2D eigenvalue weighted by Crippen LogP contribution is 2.01. The van der Waals surface area contributed by atoms with Gasteiger partial charge in [0.25, 0.3) is 0 Å². The lowest BCUT2D eigenvalue weighted by atomic mass is 10.1. The van der Waals surface area contributed by atoms with Crippen molar-refractivity contribution in [2.45, 2.75) is 26.7 Å². The lowest BCUT2D eigenvalue weighted by Gasteiger charge is -1.99. The molecule has 54 valence electrons. The Balaban J connectivity index is 3.99. The molecule has 0 rings (SSSR count). The van der Waals surface area contributed by atoms with Crippen molar-refractivity contribution in [2.24, 2.45) is 5.92 Å². The van der Waals surface area contributed by atoms with Crippen molar-refractivity contribution < 1.29 is 8.42 Å². The Hall–Kier alpha value is -0.310. The summed E-state index contributed by atoms with van der Waals surface area (Å²) < 4.78 is 20.1. The smallest absolute Gasteiger partial charge is 0.185 e. The lowest BCUT2D eigenvalue weighted by molar-refractivity contribution is 0.622. The van der Waals surface area contributed by atoms with E-state index in [1.165, 1.54) is 5.37 Å². The van der Waals surface area contributed by atoms with E-state index in [1.807, 2.05) is 13.8 Å². The van der Waals surface area contributed by atoms with Gasteiger partial charge in [0, 0.05) is 5.37 Å². The Morgan fingerprint density at radius 3 is 1.89 bits per heavy atom. The molecule has 0 aliphatic heterocycles. The highest BCUT2D eigenvalue weighted by molar-refractivity contribution is 7.71. The molecular weight excluding hydrogens is 136 g/mol. The fraction of sp³-hybridized carbons (Fsp3) is 0.833. The van der Waals surface area contributed by atoms with Gasteiger partial charge in [-0.05, 0) is 18.8 Å². The molecule has 0 amide bonds. The van der Waals surface area contributed by atoms with E-state index in [9.17, 15) is 8.42 Å². The van der Waals surface area contributed by atoms with Crippen LogP contribution >= 0.6 is 0 Å². The molecule has 0 N–H and O–H groups in total. The Kier molecular flexibility index (Phi) is 4.40. The first kappa shape index (κ1) is 8.69. The quantitative estimate of drug-likeness (QED) is 0.562. The van der Waals surface area contributed by atoms with E-state index in [0.29, 0.717) is 0 Å². The summed E-state index contributed by atoms with van der Waals surface area (Å²) in [6.07, 6.45) is 1.81. The van der Waals surface area contributed by atoms with Crippen molar-refractivity contribution >= 4 is 15.7 Å². The van der Waals surface area contributed by atoms with Gasteiger partial charge in [-0.15, -0.1) is 0 Å². The molecule has 0 heterocycles. The van der Waals surface area contributed by atoms with Gasteiger partial charge in [0.2, 0.25) is 10.3 Å². The molecule has 0 fully saturated rings. The molecule has 0 saturated carbocycles. The van der Waals surface area contributed by atoms with Crippen LogP contribution < -0.4 is 0 Å². The fourth-order valence-electron chi connectivity index (χ4n) is 0.638. The van der Waals surface area contributed by atoms with Crippen molar-refractivity contribution in [1.29, 1.82) is 0 Å². The second kappa shape index (κ2) is 4.56. The van der Waals surface area contributed by atoms with Gasteiger partial charge >= 0.3 is 0 Å². The molecule has 2 nitrogen and oxygen atoms in total. The molecule has 9 heavy (non-hydrogen) atoms. The first-order chi connectivity index (χ1) is 4.20. The molecule has 0 aromatic rings. The van der Waals surface area contributed by atoms with Crippen molar-refractivity contribution in [3.63, 3.8) is 0 Å². The van der Waals surface area contributed by atoms with Gasteiger partial charge in [-0.1, -0.05) is 13.8 Å². The minimum atomic E-state index is -1.97. The van der Waals surface area contributed by atoms with E-state index < -0.39 is 10.3 Å². The largest absolute Gasteiger partial charge is 0.210 e. The predicted octanol–water partition coefficient (Wildman–Crippen LogP) is 1.10. The number of rotatable bonds is 3. The summed E-state index contributed by atoms with van der Waals surface area (Å²) >= 11 is 0. The normalized spacial score (nSPS) is 9.67. The average molecular weight is 148 g/mol. The van der Waals surface area contributed by atoms with Crippen LogP contribution in [-0.2, 0) is 10.3 Å². The summed E-state index contributed by atoms with van der Waals surface area (Å²) in [5, 5.41) is 1.36. The highest BCUT2D eigenvalue weighted by Gasteiger charge is 1.97. The first-order valence-electron chi connectivity index (χ1n) is 3.13. The second-order valence-corrected chi connectivity index (χ2v) is 2.77. The van der Waals surface area contributed by atoms with Crippen LogP contribution in [0, 0.1) is 5.92 Å². The zero-order chi connectivity index (χ0) is 7.28. The summed E-state index contributed by atoms with van der Waals surface area (Å²) in [6, 6.07) is 0. The van der Waals surface area contributed by atoms with Gasteiger partial charge < -0.3 is 0 Å². The molecular formula is C6H12O2S. The van der Waals surface area contributed by atoms with Gasteiger partial charge in [-0.25, -0.2) is 0 Å². The lowest BCUT2D eigenvalue weighted by Crippen LogP contribution is -1.97. The Bertz CT molecular complexity index is 167. The Morgan fingerprint density at radius 1 is 1.33 bits per heavy atom. The van der Waals surface area contributed by atoms with E-state index in [4.69, 9.17) is 0 Å². The summed E-state index contributed by atoms with van der Waals surface area (Å²) in [5.41, 5.74) is 0. The minimum absolute atomic E-state index is 0.239. The van der Waals surface area contributed by atoms with Crippen LogP contribution in [0.2, 0.25) is 0 Å². The van der Waals surface area contributed by atoms with E-state index in [2.05, 4.69) is 0 Å². The van der Waals surface area contributed by atoms with Gasteiger partial charge in [0.15, 0.2) is 0 Å². The molecule has 0 aromatic carbocycles. The maximum atomic E-state index is 10.1. The third-order valence-electron chi connectivity index (χ3n) is 1.35. The van der Waals surface area contributed by atoms with Crippen LogP contribution in [-0.4, -0.2) is 13.8 Å².